The molecule has 0 aliphatic rings. The largest absolute Gasteiger partial charge is 0.349 e. The van der Waals surface area contributed by atoms with E-state index in [1.54, 1.807) is 6.92 Å². The summed E-state index contributed by atoms with van der Waals surface area (Å²) in [6, 6.07) is 19.9. The minimum Gasteiger partial charge on any atom is -0.349 e. The minimum absolute atomic E-state index is 0.106. The highest BCUT2D eigenvalue weighted by Gasteiger charge is 2.17. The molecule has 0 saturated carbocycles. The van der Waals surface area contributed by atoms with Crippen molar-refractivity contribution in [2.24, 2.45) is 0 Å². The van der Waals surface area contributed by atoms with Gasteiger partial charge in [-0.05, 0) is 55.5 Å². The molecule has 1 unspecified atom stereocenters. The molecule has 0 fully saturated rings. The summed E-state index contributed by atoms with van der Waals surface area (Å²) in [6.45, 7) is 1.59. The maximum atomic E-state index is 12.7. The number of nitrogens with one attached hydrogen (secondary N) is 2. The number of carbonyl (C=O) groups is 1. The quantitative estimate of drug-likeness (QED) is 0.298. The second kappa shape index (κ2) is 12.3. The number of hydrogen-bond donors (Lipinski definition) is 2. The van der Waals surface area contributed by atoms with Gasteiger partial charge >= 0.3 is 0 Å². The Morgan fingerprint density at radius 1 is 1.06 bits per heavy atom. The fraction of sp³-hybridized carbons (Fsp3) is 0.320. The van der Waals surface area contributed by atoms with E-state index in [0.29, 0.717) is 11.3 Å². The van der Waals surface area contributed by atoms with Crippen LogP contribution in [-0.4, -0.2) is 21.6 Å². The summed E-state index contributed by atoms with van der Waals surface area (Å²) in [5.41, 5.74) is 2.50. The molecule has 2 N–H and O–H groups in total. The van der Waals surface area contributed by atoms with Crippen LogP contribution >= 0.6 is 11.8 Å². The van der Waals surface area contributed by atoms with E-state index in [4.69, 9.17) is 0 Å². The first-order valence-electron chi connectivity index (χ1n) is 10.8. The molecule has 0 bridgehead atoms. The Kier molecular flexibility index (Phi) is 9.18. The molecule has 174 valence electrons. The number of aromatic amines is 1. The van der Waals surface area contributed by atoms with E-state index in [-0.39, 0.29) is 41.7 Å². The van der Waals surface area contributed by atoms with Crippen molar-refractivity contribution in [2.45, 2.75) is 56.0 Å². The molecule has 0 aliphatic heterocycles. The van der Waals surface area contributed by atoms with Crippen molar-refractivity contribution < 1.29 is 13.6 Å². The molecule has 3 rings (SSSR count). The summed E-state index contributed by atoms with van der Waals surface area (Å²) < 4.78 is 25.1. The highest BCUT2D eigenvalue weighted by Crippen LogP contribution is 2.22. The monoisotopic (exact) mass is 471 g/mol. The Labute approximate surface area is 196 Å². The number of thioether (sulfide) groups is 1. The summed E-state index contributed by atoms with van der Waals surface area (Å²) in [6.07, 6.45) is 2.91. The minimum atomic E-state index is -2.67. The number of hydrogen-bond acceptors (Lipinski definition) is 4. The molecule has 0 spiro atoms. The van der Waals surface area contributed by atoms with Crippen LogP contribution in [0, 0.1) is 6.92 Å². The first kappa shape index (κ1) is 24.6. The van der Waals surface area contributed by atoms with E-state index < -0.39 is 11.3 Å². The predicted octanol–water partition coefficient (Wildman–Crippen LogP) is 5.21. The lowest BCUT2D eigenvalue weighted by atomic mass is 9.98. The smallest absolute Gasteiger partial charge is 0.291 e. The summed E-state index contributed by atoms with van der Waals surface area (Å²) in [5, 5.41) is 2.97. The van der Waals surface area contributed by atoms with Crippen molar-refractivity contribution in [3.63, 3.8) is 0 Å². The summed E-state index contributed by atoms with van der Waals surface area (Å²) >= 11 is 0.193. The first-order chi connectivity index (χ1) is 15.9. The number of halogens is 2. The lowest BCUT2D eigenvalue weighted by Crippen LogP contribution is -2.29. The molecule has 2 aromatic carbocycles. The zero-order valence-electron chi connectivity index (χ0n) is 18.4. The lowest BCUT2D eigenvalue weighted by Gasteiger charge is -2.19. The summed E-state index contributed by atoms with van der Waals surface area (Å²) in [7, 11) is 0. The van der Waals surface area contributed by atoms with Gasteiger partial charge in [0.15, 0.2) is 5.16 Å². The van der Waals surface area contributed by atoms with Crippen LogP contribution < -0.4 is 10.9 Å². The third-order valence-corrected chi connectivity index (χ3v) is 5.94. The topological polar surface area (TPSA) is 74.8 Å². The molecule has 8 heteroatoms. The SMILES string of the molecule is Cc1nc(SC(F)F)[nH]c(=O)c1CCC(=O)NC(CCCc1ccccc1)c1ccccc1. The molecule has 0 aliphatic carbocycles. The van der Waals surface area contributed by atoms with Gasteiger partial charge in [0, 0.05) is 17.7 Å². The number of alkyl halides is 2. The zero-order chi connectivity index (χ0) is 23.6. The fourth-order valence-electron chi connectivity index (χ4n) is 3.69. The normalized spacial score (nSPS) is 12.0. The van der Waals surface area contributed by atoms with Gasteiger partial charge in [-0.25, -0.2) is 4.98 Å². The maximum Gasteiger partial charge on any atom is 0.291 e. The Morgan fingerprint density at radius 2 is 1.73 bits per heavy atom. The molecule has 0 saturated heterocycles. The number of aromatic nitrogens is 2. The van der Waals surface area contributed by atoms with Gasteiger partial charge in [-0.3, -0.25) is 9.59 Å². The van der Waals surface area contributed by atoms with E-state index in [2.05, 4.69) is 27.4 Å². The van der Waals surface area contributed by atoms with Crippen molar-refractivity contribution >= 4 is 17.7 Å². The van der Waals surface area contributed by atoms with Crippen molar-refractivity contribution in [1.29, 1.82) is 0 Å². The van der Waals surface area contributed by atoms with Crippen LogP contribution in [0.25, 0.3) is 0 Å². The van der Waals surface area contributed by atoms with Gasteiger partial charge in [-0.15, -0.1) is 0 Å². The average Bonchev–Trinajstić information content (AvgIpc) is 2.78. The highest BCUT2D eigenvalue weighted by atomic mass is 32.2. The second-order valence-electron chi connectivity index (χ2n) is 7.72. The predicted molar refractivity (Wildman–Crippen MR) is 126 cm³/mol. The van der Waals surface area contributed by atoms with Crippen molar-refractivity contribution in [3.05, 3.63) is 93.4 Å². The van der Waals surface area contributed by atoms with Gasteiger partial charge in [0.1, 0.15) is 0 Å². The number of benzene rings is 2. The first-order valence-corrected chi connectivity index (χ1v) is 11.7. The van der Waals surface area contributed by atoms with E-state index in [0.717, 1.165) is 24.8 Å². The molecule has 1 atom stereocenters. The van der Waals surface area contributed by atoms with Crippen LogP contribution in [0.15, 0.2) is 70.6 Å². The van der Waals surface area contributed by atoms with Gasteiger partial charge in [0.25, 0.3) is 11.3 Å². The van der Waals surface area contributed by atoms with Gasteiger partial charge in [0.2, 0.25) is 5.91 Å². The van der Waals surface area contributed by atoms with Gasteiger partial charge in [0.05, 0.1) is 6.04 Å². The molecule has 1 aromatic heterocycles. The van der Waals surface area contributed by atoms with Crippen LogP contribution in [0.2, 0.25) is 0 Å². The van der Waals surface area contributed by atoms with Crippen LogP contribution in [0.4, 0.5) is 8.78 Å². The molecular weight excluding hydrogens is 444 g/mol. The molecule has 3 aromatic rings. The number of aryl methyl sites for hydroxylation is 2. The molecule has 5 nitrogen and oxygen atoms in total. The van der Waals surface area contributed by atoms with Gasteiger partial charge < -0.3 is 10.3 Å². The fourth-order valence-corrected chi connectivity index (χ4v) is 4.20. The average molecular weight is 472 g/mol. The van der Waals surface area contributed by atoms with Crippen LogP contribution in [-0.2, 0) is 17.6 Å². The third-order valence-electron chi connectivity index (χ3n) is 5.34. The molecule has 0 radical (unpaired) electrons. The number of rotatable bonds is 11. The van der Waals surface area contributed by atoms with E-state index >= 15 is 0 Å². The highest BCUT2D eigenvalue weighted by molar-refractivity contribution is 7.99. The zero-order valence-corrected chi connectivity index (χ0v) is 19.2. The van der Waals surface area contributed by atoms with E-state index in [9.17, 15) is 18.4 Å². The standard InChI is InChI=1S/C25H27F2N3O2S/c1-17-20(23(32)30-25(28-17)33-24(26)27)15-16-22(31)29-21(19-12-6-3-7-13-19)14-8-11-18-9-4-2-5-10-18/h2-7,9-10,12-13,21,24H,8,11,14-16H2,1H3,(H,29,31)(H,28,30,32). The summed E-state index contributed by atoms with van der Waals surface area (Å²) in [5.74, 6) is -2.84. The van der Waals surface area contributed by atoms with Crippen LogP contribution in [0.3, 0.4) is 0 Å². The van der Waals surface area contributed by atoms with E-state index in [1.165, 1.54) is 5.56 Å². The second-order valence-corrected chi connectivity index (χ2v) is 8.70. The molecule has 1 heterocycles. The van der Waals surface area contributed by atoms with Crippen molar-refractivity contribution in [1.82, 2.24) is 15.3 Å². The van der Waals surface area contributed by atoms with Crippen LogP contribution in [0.1, 0.15) is 47.7 Å². The number of amides is 1. The van der Waals surface area contributed by atoms with Gasteiger partial charge in [-0.2, -0.15) is 8.78 Å². The number of carbonyl (C=O) groups excluding carboxylic acids is 1. The third kappa shape index (κ3) is 7.82. The number of nitrogens with zero attached hydrogens (tertiary/aromatic N) is 1. The number of H-pyrrole nitrogens is 1. The Hall–Kier alpha value is -3.00. The van der Waals surface area contributed by atoms with Crippen molar-refractivity contribution in [3.8, 4) is 0 Å². The molecule has 1 amide bonds. The molecular formula is C25H27F2N3O2S. The Morgan fingerprint density at radius 3 is 2.36 bits per heavy atom. The Balaban J connectivity index is 1.60. The van der Waals surface area contributed by atoms with E-state index in [1.807, 2.05) is 48.5 Å². The molecule has 33 heavy (non-hydrogen) atoms. The summed E-state index contributed by atoms with van der Waals surface area (Å²) in [4.78, 5) is 31.4. The van der Waals surface area contributed by atoms with Gasteiger partial charge in [-0.1, -0.05) is 60.7 Å². The van der Waals surface area contributed by atoms with Crippen molar-refractivity contribution in [2.75, 3.05) is 0 Å². The lowest BCUT2D eigenvalue weighted by molar-refractivity contribution is -0.121. The van der Waals surface area contributed by atoms with Crippen LogP contribution in [0.5, 0.6) is 0 Å². The Bertz CT molecular complexity index is 1090. The maximum absolute atomic E-state index is 12.7.